The van der Waals surface area contributed by atoms with Crippen molar-refractivity contribution in [2.75, 3.05) is 33.5 Å². The summed E-state index contributed by atoms with van der Waals surface area (Å²) in [5.74, 6) is 0.662. The Morgan fingerprint density at radius 1 is 1.03 bits per heavy atom. The second-order valence-corrected chi connectivity index (χ2v) is 7.73. The van der Waals surface area contributed by atoms with Crippen molar-refractivity contribution >= 4 is 18.0 Å². The summed E-state index contributed by atoms with van der Waals surface area (Å²) in [6.07, 6.45) is -0.0211. The van der Waals surface area contributed by atoms with Crippen molar-refractivity contribution in [3.63, 3.8) is 0 Å². The fraction of sp³-hybridized carbons (Fsp3) is 0.320. The average Bonchev–Trinajstić information content (AvgIpc) is 2.87. The second-order valence-electron chi connectivity index (χ2n) is 7.73. The first-order chi connectivity index (χ1) is 17.0. The predicted octanol–water partition coefficient (Wildman–Crippen LogP) is 2.42. The second kappa shape index (κ2) is 10.8. The Balaban J connectivity index is 1.52. The van der Waals surface area contributed by atoms with E-state index < -0.39 is 24.0 Å². The van der Waals surface area contributed by atoms with Crippen LogP contribution in [0.15, 0.2) is 53.7 Å². The number of carbonyl (C=O) groups is 3. The van der Waals surface area contributed by atoms with Crippen molar-refractivity contribution in [1.82, 2.24) is 10.6 Å². The number of amides is 2. The Hall–Kier alpha value is -4.21. The maximum Gasteiger partial charge on any atom is 0.338 e. The Labute approximate surface area is 202 Å². The third kappa shape index (κ3) is 5.65. The largest absolute Gasteiger partial charge is 0.497 e. The van der Waals surface area contributed by atoms with Crippen LogP contribution < -0.4 is 24.8 Å². The number of ether oxygens (including phenoxy) is 5. The summed E-state index contributed by atoms with van der Waals surface area (Å²) in [6, 6.07) is 10.8. The Bertz CT molecular complexity index is 1140. The molecule has 1 unspecified atom stereocenters. The van der Waals surface area contributed by atoms with E-state index in [1.807, 2.05) is 0 Å². The van der Waals surface area contributed by atoms with Crippen LogP contribution >= 0.6 is 0 Å². The molecule has 2 aromatic carbocycles. The first kappa shape index (κ1) is 23.9. The Kier molecular flexibility index (Phi) is 7.39. The van der Waals surface area contributed by atoms with E-state index >= 15 is 0 Å². The lowest BCUT2D eigenvalue weighted by Crippen LogP contribution is -2.47. The molecule has 4 rings (SSSR count). The van der Waals surface area contributed by atoms with E-state index in [2.05, 4.69) is 10.6 Å². The molecular weight excluding hydrogens is 456 g/mol. The van der Waals surface area contributed by atoms with E-state index in [0.717, 1.165) is 0 Å². The highest BCUT2D eigenvalue weighted by molar-refractivity contribution is 5.95. The van der Waals surface area contributed by atoms with Crippen LogP contribution in [-0.4, -0.2) is 51.5 Å². The summed E-state index contributed by atoms with van der Waals surface area (Å²) < 4.78 is 26.9. The van der Waals surface area contributed by atoms with E-state index in [1.54, 1.807) is 56.5 Å². The van der Waals surface area contributed by atoms with Crippen molar-refractivity contribution in [1.29, 1.82) is 0 Å². The minimum absolute atomic E-state index is 0.0211. The first-order valence-electron chi connectivity index (χ1n) is 11.1. The summed E-state index contributed by atoms with van der Waals surface area (Å²) in [6.45, 7) is 2.43. The van der Waals surface area contributed by atoms with Crippen LogP contribution in [0.1, 0.15) is 24.1 Å². The van der Waals surface area contributed by atoms with Crippen LogP contribution in [0.3, 0.4) is 0 Å². The van der Waals surface area contributed by atoms with Gasteiger partial charge in [-0.3, -0.25) is 4.79 Å². The number of carbonyl (C=O) groups excluding carboxylic acids is 3. The average molecular weight is 482 g/mol. The Morgan fingerprint density at radius 2 is 1.77 bits per heavy atom. The molecule has 0 aliphatic carbocycles. The van der Waals surface area contributed by atoms with Crippen molar-refractivity contribution in [3.8, 4) is 17.2 Å². The first-order valence-corrected chi connectivity index (χ1v) is 11.1. The summed E-state index contributed by atoms with van der Waals surface area (Å²) in [4.78, 5) is 37.8. The number of benzene rings is 2. The number of hydrogen-bond acceptors (Lipinski definition) is 8. The van der Waals surface area contributed by atoms with Crippen LogP contribution in [0.2, 0.25) is 0 Å². The van der Waals surface area contributed by atoms with E-state index in [-0.39, 0.29) is 30.9 Å². The van der Waals surface area contributed by atoms with Gasteiger partial charge in [-0.2, -0.15) is 0 Å². The number of hydrogen-bond donors (Lipinski definition) is 2. The monoisotopic (exact) mass is 482 g/mol. The quantitative estimate of drug-likeness (QED) is 0.551. The molecule has 0 fully saturated rings. The topological polar surface area (TPSA) is 121 Å². The molecule has 0 saturated heterocycles. The minimum atomic E-state index is -0.791. The number of methoxy groups -OCH3 is 1. The molecule has 0 aromatic heterocycles. The molecular formula is C25H26N2O8. The van der Waals surface area contributed by atoms with E-state index in [1.165, 1.54) is 0 Å². The van der Waals surface area contributed by atoms with Gasteiger partial charge in [-0.1, -0.05) is 18.2 Å². The van der Waals surface area contributed by atoms with Gasteiger partial charge in [-0.15, -0.1) is 0 Å². The lowest BCUT2D eigenvalue weighted by Gasteiger charge is -2.29. The molecule has 10 nitrogen and oxygen atoms in total. The zero-order chi connectivity index (χ0) is 24.8. The fourth-order valence-corrected chi connectivity index (χ4v) is 3.80. The van der Waals surface area contributed by atoms with Crippen molar-refractivity contribution < 1.29 is 38.1 Å². The molecule has 2 aliphatic heterocycles. The molecule has 0 saturated carbocycles. The van der Waals surface area contributed by atoms with Crippen molar-refractivity contribution in [3.05, 3.63) is 64.9 Å². The van der Waals surface area contributed by atoms with Gasteiger partial charge >= 0.3 is 18.0 Å². The van der Waals surface area contributed by atoms with Gasteiger partial charge in [0.1, 0.15) is 25.6 Å². The highest BCUT2D eigenvalue weighted by Crippen LogP contribution is 2.31. The summed E-state index contributed by atoms with van der Waals surface area (Å²) in [5, 5.41) is 5.31. The molecule has 2 N–H and O–H groups in total. The van der Waals surface area contributed by atoms with Crippen LogP contribution in [0.5, 0.6) is 17.2 Å². The van der Waals surface area contributed by atoms with Crippen LogP contribution in [-0.2, 0) is 25.5 Å². The van der Waals surface area contributed by atoms with E-state index in [4.69, 9.17) is 23.7 Å². The molecule has 2 heterocycles. The van der Waals surface area contributed by atoms with Crippen LogP contribution in [0.4, 0.5) is 4.79 Å². The van der Waals surface area contributed by atoms with Crippen molar-refractivity contribution in [2.45, 2.75) is 19.4 Å². The molecule has 2 aromatic rings. The van der Waals surface area contributed by atoms with Gasteiger partial charge in [0.15, 0.2) is 11.5 Å². The van der Waals surface area contributed by atoms with Gasteiger partial charge in [0.2, 0.25) is 0 Å². The molecule has 0 radical (unpaired) electrons. The molecule has 1 atom stereocenters. The molecule has 2 amide bonds. The number of rotatable bonds is 8. The zero-order valence-corrected chi connectivity index (χ0v) is 19.4. The molecule has 0 spiro atoms. The van der Waals surface area contributed by atoms with Crippen molar-refractivity contribution in [2.24, 2.45) is 0 Å². The normalized spacial score (nSPS) is 16.6. The number of nitrogens with one attached hydrogen (secondary N) is 2. The standard InChI is InChI=1S/C25H26N2O8/c1-3-32-24(29)22-18(26-25(30)27-23(22)16-5-7-17(31-2)8-6-16)14-35-21(28)13-15-4-9-19-20(12-15)34-11-10-33-19/h4-9,12,23H,3,10-11,13-14H2,1-2H3,(H2,26,27,30). The predicted molar refractivity (Wildman–Crippen MR) is 123 cm³/mol. The third-order valence-corrected chi connectivity index (χ3v) is 5.43. The Morgan fingerprint density at radius 3 is 2.49 bits per heavy atom. The number of urea groups is 1. The molecule has 35 heavy (non-hydrogen) atoms. The highest BCUT2D eigenvalue weighted by atomic mass is 16.6. The van der Waals surface area contributed by atoms with E-state index in [9.17, 15) is 14.4 Å². The molecule has 0 bridgehead atoms. The smallest absolute Gasteiger partial charge is 0.338 e. The number of esters is 2. The lowest BCUT2D eigenvalue weighted by atomic mass is 9.95. The van der Waals surface area contributed by atoms with E-state index in [0.29, 0.717) is 41.6 Å². The third-order valence-electron chi connectivity index (χ3n) is 5.43. The van der Waals surface area contributed by atoms with Gasteiger partial charge in [-0.05, 0) is 42.3 Å². The number of fused-ring (bicyclic) bond motifs is 1. The highest BCUT2D eigenvalue weighted by Gasteiger charge is 2.34. The molecule has 184 valence electrons. The van der Waals surface area contributed by atoms with Crippen LogP contribution in [0.25, 0.3) is 0 Å². The summed E-state index contributed by atoms with van der Waals surface area (Å²) in [5.41, 5.74) is 1.64. The zero-order valence-electron chi connectivity index (χ0n) is 19.4. The van der Waals surface area contributed by atoms with Gasteiger partial charge < -0.3 is 34.3 Å². The molecule has 10 heteroatoms. The summed E-state index contributed by atoms with van der Waals surface area (Å²) in [7, 11) is 1.54. The maximum atomic E-state index is 12.8. The van der Waals surface area contributed by atoms with Gasteiger partial charge in [0.05, 0.1) is 37.4 Å². The maximum absolute atomic E-state index is 12.8. The van der Waals surface area contributed by atoms with Gasteiger partial charge in [0.25, 0.3) is 0 Å². The van der Waals surface area contributed by atoms with Gasteiger partial charge in [0, 0.05) is 0 Å². The SMILES string of the molecule is CCOC(=O)C1=C(COC(=O)Cc2ccc3c(c2)OCCO3)NC(=O)NC1c1ccc(OC)cc1. The summed E-state index contributed by atoms with van der Waals surface area (Å²) >= 11 is 0. The van der Waals surface area contributed by atoms with Gasteiger partial charge in [-0.25, -0.2) is 9.59 Å². The lowest BCUT2D eigenvalue weighted by molar-refractivity contribution is -0.143. The molecule has 2 aliphatic rings. The minimum Gasteiger partial charge on any atom is -0.497 e. The fourth-order valence-electron chi connectivity index (χ4n) is 3.80. The van der Waals surface area contributed by atoms with Crippen LogP contribution in [0, 0.1) is 0 Å².